The number of thiazole rings is 1. The van der Waals surface area contributed by atoms with Crippen LogP contribution in [0.4, 0.5) is 5.69 Å². The minimum absolute atomic E-state index is 0.233. The van der Waals surface area contributed by atoms with Crippen molar-refractivity contribution in [3.63, 3.8) is 0 Å². The normalized spacial score (nSPS) is 10.8. The Morgan fingerprint density at radius 1 is 1.26 bits per heavy atom. The lowest BCUT2D eigenvalue weighted by Gasteiger charge is -2.07. The van der Waals surface area contributed by atoms with E-state index in [0.717, 1.165) is 22.0 Å². The number of aromatic nitrogens is 2. The maximum absolute atomic E-state index is 12.4. The van der Waals surface area contributed by atoms with Gasteiger partial charge in [-0.1, -0.05) is 17.7 Å². The summed E-state index contributed by atoms with van der Waals surface area (Å²) in [4.78, 5) is 16.9. The molecule has 118 valence electrons. The number of amides is 1. The van der Waals surface area contributed by atoms with Gasteiger partial charge in [0.25, 0.3) is 5.91 Å². The highest BCUT2D eigenvalue weighted by atomic mass is 35.5. The topological polar surface area (TPSA) is 46.9 Å². The minimum Gasteiger partial charge on any atom is -0.346 e. The first-order chi connectivity index (χ1) is 11.0. The highest BCUT2D eigenvalue weighted by Gasteiger charge is 2.15. The van der Waals surface area contributed by atoms with Crippen LogP contribution < -0.4 is 5.32 Å². The number of rotatable bonds is 3. The van der Waals surface area contributed by atoms with Crippen molar-refractivity contribution in [2.75, 3.05) is 5.32 Å². The number of nitrogens with one attached hydrogen (secondary N) is 1. The van der Waals surface area contributed by atoms with Gasteiger partial charge in [0.05, 0.1) is 5.69 Å². The molecule has 0 spiro atoms. The zero-order valence-electron chi connectivity index (χ0n) is 13.1. The molecule has 0 aliphatic rings. The molecule has 0 unspecified atom stereocenters. The number of carbonyl (C=O) groups excluding carboxylic acids is 1. The lowest BCUT2D eigenvalue weighted by Crippen LogP contribution is -2.13. The summed E-state index contributed by atoms with van der Waals surface area (Å²) in [6.07, 6.45) is 0. The van der Waals surface area contributed by atoms with E-state index in [1.165, 1.54) is 11.3 Å². The predicted molar refractivity (Wildman–Crippen MR) is 95.4 cm³/mol. The van der Waals surface area contributed by atoms with Crippen molar-refractivity contribution in [3.05, 3.63) is 57.7 Å². The van der Waals surface area contributed by atoms with Gasteiger partial charge in [0.2, 0.25) is 0 Å². The zero-order valence-corrected chi connectivity index (χ0v) is 14.6. The third-order valence-corrected chi connectivity index (χ3v) is 4.88. The van der Waals surface area contributed by atoms with Crippen molar-refractivity contribution >= 4 is 34.5 Å². The summed E-state index contributed by atoms with van der Waals surface area (Å²) in [5.41, 5.74) is 4.22. The summed E-state index contributed by atoms with van der Waals surface area (Å²) in [7, 11) is 1.99. The van der Waals surface area contributed by atoms with Crippen molar-refractivity contribution < 1.29 is 4.79 Å². The van der Waals surface area contributed by atoms with Gasteiger partial charge in [-0.3, -0.25) is 4.79 Å². The largest absolute Gasteiger partial charge is 0.346 e. The van der Waals surface area contributed by atoms with Gasteiger partial charge in [0.1, 0.15) is 10.7 Å². The summed E-state index contributed by atoms with van der Waals surface area (Å²) in [5.74, 6) is -0.233. The van der Waals surface area contributed by atoms with Crippen molar-refractivity contribution in [2.24, 2.45) is 7.05 Å². The van der Waals surface area contributed by atoms with Crippen molar-refractivity contribution in [3.8, 4) is 10.7 Å². The summed E-state index contributed by atoms with van der Waals surface area (Å²) in [6.45, 7) is 3.96. The van der Waals surface area contributed by atoms with Gasteiger partial charge < -0.3 is 9.88 Å². The second-order valence-corrected chi connectivity index (χ2v) is 6.66. The average Bonchev–Trinajstić information content (AvgIpc) is 3.11. The Hall–Kier alpha value is -2.11. The molecule has 2 aromatic heterocycles. The van der Waals surface area contributed by atoms with Gasteiger partial charge in [-0.2, -0.15) is 0 Å². The third kappa shape index (κ3) is 3.16. The monoisotopic (exact) mass is 345 g/mol. The second-order valence-electron chi connectivity index (χ2n) is 5.37. The molecule has 1 amide bonds. The fourth-order valence-corrected chi connectivity index (χ4v) is 3.27. The Morgan fingerprint density at radius 3 is 2.74 bits per heavy atom. The third-order valence-electron chi connectivity index (χ3n) is 3.78. The van der Waals surface area contributed by atoms with Crippen LogP contribution in [-0.2, 0) is 7.05 Å². The maximum Gasteiger partial charge on any atom is 0.275 e. The van der Waals surface area contributed by atoms with Gasteiger partial charge >= 0.3 is 0 Å². The van der Waals surface area contributed by atoms with Gasteiger partial charge in [-0.25, -0.2) is 4.98 Å². The lowest BCUT2D eigenvalue weighted by molar-refractivity contribution is 0.102. The number of nitrogens with zero attached hydrogens (tertiary/aromatic N) is 2. The van der Waals surface area contributed by atoms with Crippen LogP contribution in [0.2, 0.25) is 5.02 Å². The first-order valence-corrected chi connectivity index (χ1v) is 8.37. The van der Waals surface area contributed by atoms with E-state index >= 15 is 0 Å². The molecule has 0 bridgehead atoms. The molecule has 0 aliphatic heterocycles. The number of carbonyl (C=O) groups is 1. The van der Waals surface area contributed by atoms with Crippen molar-refractivity contribution in [1.29, 1.82) is 0 Å². The predicted octanol–water partition coefficient (Wildman–Crippen LogP) is 4.67. The molecule has 0 saturated carbocycles. The average molecular weight is 346 g/mol. The van der Waals surface area contributed by atoms with Crippen LogP contribution in [0.3, 0.4) is 0 Å². The molecule has 6 heteroatoms. The van der Waals surface area contributed by atoms with Crippen molar-refractivity contribution in [2.45, 2.75) is 13.8 Å². The van der Waals surface area contributed by atoms with Gasteiger partial charge in [-0.15, -0.1) is 11.3 Å². The Kier molecular flexibility index (Phi) is 4.24. The fourth-order valence-electron chi connectivity index (χ4n) is 2.24. The van der Waals surface area contributed by atoms with E-state index in [0.29, 0.717) is 16.4 Å². The van der Waals surface area contributed by atoms with E-state index in [9.17, 15) is 4.79 Å². The van der Waals surface area contributed by atoms with Crippen LogP contribution in [0, 0.1) is 13.8 Å². The highest BCUT2D eigenvalue weighted by Crippen LogP contribution is 2.26. The molecular formula is C17H16ClN3OS. The molecule has 23 heavy (non-hydrogen) atoms. The van der Waals surface area contributed by atoms with Crippen LogP contribution in [0.5, 0.6) is 0 Å². The Bertz CT molecular complexity index is 882. The maximum atomic E-state index is 12.4. The molecule has 2 heterocycles. The number of halogens is 1. The van der Waals surface area contributed by atoms with Crippen LogP contribution in [0.1, 0.15) is 21.7 Å². The lowest BCUT2D eigenvalue weighted by atomic mass is 10.2. The second kappa shape index (κ2) is 6.18. The fraction of sp³-hybridized carbons (Fsp3) is 0.176. The smallest absolute Gasteiger partial charge is 0.275 e. The summed E-state index contributed by atoms with van der Waals surface area (Å²) < 4.78 is 2.06. The SMILES string of the molecule is Cc1ccc(Cl)cc1NC(=O)c1csc(-c2ccc(C)n2C)n1. The molecule has 0 fully saturated rings. The molecule has 1 N–H and O–H groups in total. The van der Waals surface area contributed by atoms with Crippen molar-refractivity contribution in [1.82, 2.24) is 9.55 Å². The van der Waals surface area contributed by atoms with E-state index in [2.05, 4.69) is 14.9 Å². The number of benzene rings is 1. The Labute approximate surface area is 143 Å². The van der Waals surface area contributed by atoms with E-state index in [1.807, 2.05) is 39.1 Å². The number of hydrogen-bond donors (Lipinski definition) is 1. The molecule has 3 aromatic rings. The highest BCUT2D eigenvalue weighted by molar-refractivity contribution is 7.13. The van der Waals surface area contributed by atoms with Gasteiger partial charge in [-0.05, 0) is 43.7 Å². The minimum atomic E-state index is -0.233. The molecule has 0 radical (unpaired) electrons. The van der Waals surface area contributed by atoms with Crippen LogP contribution in [-0.4, -0.2) is 15.5 Å². The molecule has 0 atom stereocenters. The molecular weight excluding hydrogens is 330 g/mol. The summed E-state index contributed by atoms with van der Waals surface area (Å²) in [6, 6.07) is 9.45. The quantitative estimate of drug-likeness (QED) is 0.749. The van der Waals surface area contributed by atoms with Gasteiger partial charge in [0, 0.05) is 28.8 Å². The van der Waals surface area contributed by atoms with E-state index in [-0.39, 0.29) is 5.91 Å². The Balaban J connectivity index is 1.84. The zero-order chi connectivity index (χ0) is 16.6. The van der Waals surface area contributed by atoms with E-state index in [1.54, 1.807) is 17.5 Å². The summed E-state index contributed by atoms with van der Waals surface area (Å²) >= 11 is 7.44. The number of aryl methyl sites for hydroxylation is 2. The molecule has 0 saturated heterocycles. The molecule has 3 rings (SSSR count). The number of anilines is 1. The first kappa shape index (κ1) is 15.8. The molecule has 1 aromatic carbocycles. The standard InChI is InChI=1S/C17H16ClN3OS/c1-10-4-6-12(18)8-13(10)19-16(22)14-9-23-17(20-14)15-7-5-11(2)21(15)3/h4-9H,1-3H3,(H,19,22). The summed E-state index contributed by atoms with van der Waals surface area (Å²) in [5, 5.41) is 6.05. The number of hydrogen-bond acceptors (Lipinski definition) is 3. The van der Waals surface area contributed by atoms with E-state index in [4.69, 9.17) is 11.6 Å². The van der Waals surface area contributed by atoms with Crippen LogP contribution in [0.15, 0.2) is 35.7 Å². The molecule has 0 aliphatic carbocycles. The first-order valence-electron chi connectivity index (χ1n) is 7.11. The van der Waals surface area contributed by atoms with Crippen LogP contribution >= 0.6 is 22.9 Å². The van der Waals surface area contributed by atoms with Crippen LogP contribution in [0.25, 0.3) is 10.7 Å². The Morgan fingerprint density at radius 2 is 2.04 bits per heavy atom. The van der Waals surface area contributed by atoms with E-state index < -0.39 is 0 Å². The molecule has 4 nitrogen and oxygen atoms in total. The van der Waals surface area contributed by atoms with Gasteiger partial charge in [0.15, 0.2) is 0 Å².